The van der Waals surface area contributed by atoms with Crippen molar-refractivity contribution in [2.24, 2.45) is 0 Å². The van der Waals surface area contributed by atoms with Gasteiger partial charge in [0.1, 0.15) is 5.60 Å². The molecule has 88 valence electrons. The Balaban J connectivity index is 4.31. The molecule has 0 bridgehead atoms. The maximum atomic E-state index is 11.3. The van der Waals surface area contributed by atoms with Crippen LogP contribution >= 0.6 is 0 Å². The van der Waals surface area contributed by atoms with Crippen LogP contribution in [0, 0.1) is 0 Å². The maximum Gasteiger partial charge on any atom is 0.411 e. The molecule has 2 N–H and O–H groups in total. The lowest BCUT2D eigenvalue weighted by molar-refractivity contribution is -0.137. The molecule has 0 heterocycles. The predicted molar refractivity (Wildman–Crippen MR) is 60.0 cm³/mol. The normalized spacial score (nSPS) is 13.5. The highest BCUT2D eigenvalue weighted by Crippen LogP contribution is 2.07. The molecule has 0 radical (unpaired) electrons. The number of carboxylic acids is 1. The second-order valence-corrected chi connectivity index (χ2v) is 6.47. The summed E-state index contributed by atoms with van der Waals surface area (Å²) in [5.74, 6) is -1.05. The lowest BCUT2D eigenvalue weighted by atomic mass is 10.2. The topological polar surface area (TPSA) is 75.6 Å². The number of hydrogen-bond donors (Lipinski definition) is 2. The summed E-state index contributed by atoms with van der Waals surface area (Å²) in [6.07, 6.45) is 2.79. The molecule has 0 aliphatic carbocycles. The van der Waals surface area contributed by atoms with Crippen LogP contribution in [-0.4, -0.2) is 40.7 Å². The summed E-state index contributed by atoms with van der Waals surface area (Å²) in [6, 6.07) is 0. The van der Waals surface area contributed by atoms with E-state index in [-0.39, 0.29) is 0 Å². The van der Waals surface area contributed by atoms with E-state index in [1.165, 1.54) is 0 Å². The molecule has 1 unspecified atom stereocenters. The van der Waals surface area contributed by atoms with Crippen molar-refractivity contribution in [1.29, 1.82) is 0 Å². The van der Waals surface area contributed by atoms with E-state index in [1.807, 2.05) is 0 Å². The van der Waals surface area contributed by atoms with Crippen molar-refractivity contribution in [2.75, 3.05) is 12.5 Å². The summed E-state index contributed by atoms with van der Waals surface area (Å²) in [5, 5.41) is 10.3. The van der Waals surface area contributed by atoms with Gasteiger partial charge in [0.25, 0.3) is 5.37 Å². The largest absolute Gasteiger partial charge is 0.476 e. The fourth-order valence-electron chi connectivity index (χ4n) is 0.796. The number of carbonyl (C=O) groups is 2. The first-order chi connectivity index (χ1) is 6.63. The van der Waals surface area contributed by atoms with Gasteiger partial charge in [-0.05, 0) is 20.8 Å². The SMILES string of the molecule is C[S+](C)C(NC(=O)OC(C)(C)C)C(=O)O. The molecule has 0 aromatic carbocycles. The minimum absolute atomic E-state index is 0.444. The van der Waals surface area contributed by atoms with E-state index in [1.54, 1.807) is 33.3 Å². The highest BCUT2D eigenvalue weighted by Gasteiger charge is 2.33. The van der Waals surface area contributed by atoms with Gasteiger partial charge in [0.05, 0.1) is 12.5 Å². The Morgan fingerprint density at radius 1 is 1.33 bits per heavy atom. The van der Waals surface area contributed by atoms with Crippen molar-refractivity contribution in [1.82, 2.24) is 5.32 Å². The predicted octanol–water partition coefficient (Wildman–Crippen LogP) is 0.800. The molecule has 0 aliphatic rings. The zero-order chi connectivity index (χ0) is 12.2. The molecule has 0 spiro atoms. The van der Waals surface area contributed by atoms with Gasteiger partial charge in [0.2, 0.25) is 0 Å². The van der Waals surface area contributed by atoms with Gasteiger partial charge in [-0.2, -0.15) is 0 Å². The Hall–Kier alpha value is -0.910. The van der Waals surface area contributed by atoms with E-state index >= 15 is 0 Å². The van der Waals surface area contributed by atoms with Gasteiger partial charge < -0.3 is 9.84 Å². The van der Waals surface area contributed by atoms with Crippen LogP contribution in [0.1, 0.15) is 20.8 Å². The summed E-state index contributed by atoms with van der Waals surface area (Å²) >= 11 is 0. The maximum absolute atomic E-state index is 11.3. The number of rotatable bonds is 3. The first-order valence-corrected chi connectivity index (χ1v) is 6.52. The number of aliphatic carboxylic acids is 1. The van der Waals surface area contributed by atoms with Crippen LogP contribution in [0.2, 0.25) is 0 Å². The number of alkyl carbamates (subject to hydrolysis) is 1. The zero-order valence-electron chi connectivity index (χ0n) is 9.66. The standard InChI is InChI=1S/C9H17NO4S/c1-9(2,3)14-8(13)10-6(7(11)12)15(4)5/h6H,1-5H3,(H-,10,11,12,13)/p+1. The van der Waals surface area contributed by atoms with Gasteiger partial charge in [-0.15, -0.1) is 0 Å². The van der Waals surface area contributed by atoms with E-state index in [2.05, 4.69) is 5.32 Å². The van der Waals surface area contributed by atoms with Crippen molar-refractivity contribution >= 4 is 23.0 Å². The molecule has 0 saturated heterocycles. The van der Waals surface area contributed by atoms with Crippen molar-refractivity contribution in [3.63, 3.8) is 0 Å². The lowest BCUT2D eigenvalue weighted by Crippen LogP contribution is -2.47. The first kappa shape index (κ1) is 14.1. The summed E-state index contributed by atoms with van der Waals surface area (Å²) in [4.78, 5) is 22.1. The van der Waals surface area contributed by atoms with Crippen LogP contribution in [-0.2, 0) is 20.4 Å². The van der Waals surface area contributed by atoms with Crippen LogP contribution in [0.25, 0.3) is 0 Å². The summed E-state index contributed by atoms with van der Waals surface area (Å²) in [5.41, 5.74) is -0.618. The van der Waals surface area contributed by atoms with Crippen LogP contribution < -0.4 is 5.32 Å². The van der Waals surface area contributed by atoms with Gasteiger partial charge in [-0.1, -0.05) is 0 Å². The minimum atomic E-state index is -1.05. The number of ether oxygens (including phenoxy) is 1. The minimum Gasteiger partial charge on any atom is -0.476 e. The van der Waals surface area contributed by atoms with Crippen molar-refractivity contribution in [3.8, 4) is 0 Å². The van der Waals surface area contributed by atoms with Gasteiger partial charge in [-0.3, -0.25) is 5.32 Å². The van der Waals surface area contributed by atoms with Crippen LogP contribution in [0.5, 0.6) is 0 Å². The van der Waals surface area contributed by atoms with E-state index < -0.39 is 33.9 Å². The van der Waals surface area contributed by atoms with Crippen molar-refractivity contribution in [3.05, 3.63) is 0 Å². The molecule has 0 fully saturated rings. The van der Waals surface area contributed by atoms with E-state index in [9.17, 15) is 9.59 Å². The number of nitrogens with one attached hydrogen (secondary N) is 1. The molecule has 0 aromatic heterocycles. The second kappa shape index (κ2) is 5.25. The fourth-order valence-corrected chi connectivity index (χ4v) is 1.53. The molecule has 1 amide bonds. The molecule has 0 rings (SSSR count). The molecule has 0 aromatic rings. The first-order valence-electron chi connectivity index (χ1n) is 4.42. The molecule has 5 nitrogen and oxygen atoms in total. The summed E-state index contributed by atoms with van der Waals surface area (Å²) < 4.78 is 4.96. The highest BCUT2D eigenvalue weighted by atomic mass is 32.2. The van der Waals surface area contributed by atoms with Crippen molar-refractivity contribution in [2.45, 2.75) is 31.7 Å². The monoisotopic (exact) mass is 236 g/mol. The number of hydrogen-bond acceptors (Lipinski definition) is 3. The molecule has 1 atom stereocenters. The molecule has 15 heavy (non-hydrogen) atoms. The average Bonchev–Trinajstić information content (AvgIpc) is 1.95. The van der Waals surface area contributed by atoms with Gasteiger partial charge in [0, 0.05) is 10.9 Å². The van der Waals surface area contributed by atoms with Gasteiger partial charge in [0.15, 0.2) is 0 Å². The third kappa shape index (κ3) is 6.22. The van der Waals surface area contributed by atoms with Crippen molar-refractivity contribution < 1.29 is 19.4 Å². The van der Waals surface area contributed by atoms with E-state index in [0.717, 1.165) is 0 Å². The van der Waals surface area contributed by atoms with Crippen LogP contribution in [0.4, 0.5) is 4.79 Å². The Bertz CT molecular complexity index is 247. The van der Waals surface area contributed by atoms with E-state index in [4.69, 9.17) is 9.84 Å². The highest BCUT2D eigenvalue weighted by molar-refractivity contribution is 7.96. The smallest absolute Gasteiger partial charge is 0.411 e. The molecular weight excluding hydrogens is 218 g/mol. The van der Waals surface area contributed by atoms with Gasteiger partial charge >= 0.3 is 12.1 Å². The lowest BCUT2D eigenvalue weighted by Gasteiger charge is -2.20. The summed E-state index contributed by atoms with van der Waals surface area (Å²) in [6.45, 7) is 5.17. The second-order valence-electron chi connectivity index (χ2n) is 4.24. The summed E-state index contributed by atoms with van der Waals surface area (Å²) in [7, 11) is -0.444. The average molecular weight is 236 g/mol. The Kier molecular flexibility index (Phi) is 4.93. The number of carbonyl (C=O) groups excluding carboxylic acids is 1. The Labute approximate surface area is 92.5 Å². The number of amides is 1. The van der Waals surface area contributed by atoms with Gasteiger partial charge in [-0.25, -0.2) is 9.59 Å². The van der Waals surface area contributed by atoms with Crippen LogP contribution in [0.15, 0.2) is 0 Å². The third-order valence-electron chi connectivity index (χ3n) is 1.34. The Morgan fingerprint density at radius 2 is 1.80 bits per heavy atom. The van der Waals surface area contributed by atoms with E-state index in [0.29, 0.717) is 0 Å². The third-order valence-corrected chi connectivity index (χ3v) is 2.61. The molecule has 0 aliphatic heterocycles. The van der Waals surface area contributed by atoms with Crippen LogP contribution in [0.3, 0.4) is 0 Å². The quantitative estimate of drug-likeness (QED) is 0.711. The zero-order valence-corrected chi connectivity index (χ0v) is 10.5. The molecule has 6 heteroatoms. The Morgan fingerprint density at radius 3 is 2.07 bits per heavy atom. The molecule has 0 saturated carbocycles. The number of carboxylic acid groups (broad SMARTS) is 1. The fraction of sp³-hybridized carbons (Fsp3) is 0.778. The molecular formula is C9H18NO4S+.